The van der Waals surface area contributed by atoms with Crippen LogP contribution >= 0.6 is 0 Å². The van der Waals surface area contributed by atoms with Gasteiger partial charge in [-0.05, 0) is 30.9 Å². The van der Waals surface area contributed by atoms with Crippen molar-refractivity contribution < 1.29 is 4.74 Å². The van der Waals surface area contributed by atoms with Crippen molar-refractivity contribution in [1.82, 2.24) is 0 Å². The summed E-state index contributed by atoms with van der Waals surface area (Å²) in [6.07, 6.45) is 7.99. The monoisotopic (exact) mass is 307 g/mol. The third kappa shape index (κ3) is 4.68. The van der Waals surface area contributed by atoms with Crippen LogP contribution in [-0.4, -0.2) is 11.7 Å². The largest absolute Gasteiger partial charge is 0.371 e. The van der Waals surface area contributed by atoms with E-state index in [2.05, 4.69) is 67.6 Å². The van der Waals surface area contributed by atoms with Crippen LogP contribution in [0.25, 0.3) is 0 Å². The van der Waals surface area contributed by atoms with E-state index in [9.17, 15) is 0 Å². The van der Waals surface area contributed by atoms with Crippen LogP contribution in [0.5, 0.6) is 0 Å². The predicted molar refractivity (Wildman–Crippen MR) is 96.3 cm³/mol. The second-order valence-electron chi connectivity index (χ2n) is 6.85. The molecule has 1 nitrogen and oxygen atoms in total. The lowest BCUT2D eigenvalue weighted by molar-refractivity contribution is -0.0918. The van der Waals surface area contributed by atoms with E-state index >= 15 is 0 Å². The van der Waals surface area contributed by atoms with Gasteiger partial charge in [-0.15, -0.1) is 0 Å². The molecular formula is C22H27O. The Labute approximate surface area is 140 Å². The summed E-state index contributed by atoms with van der Waals surface area (Å²) in [7, 11) is 0. The highest BCUT2D eigenvalue weighted by atomic mass is 16.5. The molecule has 1 radical (unpaired) electrons. The average Bonchev–Trinajstić information content (AvgIpc) is 2.54. The van der Waals surface area contributed by atoms with E-state index < -0.39 is 0 Å². The van der Waals surface area contributed by atoms with Crippen LogP contribution in [0.1, 0.15) is 43.2 Å². The Hall–Kier alpha value is -1.60. The van der Waals surface area contributed by atoms with Crippen molar-refractivity contribution in [2.45, 2.75) is 56.7 Å². The molecule has 1 unspecified atom stereocenters. The maximum atomic E-state index is 6.58. The van der Waals surface area contributed by atoms with Gasteiger partial charge in [0, 0.05) is 12.8 Å². The summed E-state index contributed by atoms with van der Waals surface area (Å²) >= 11 is 0. The zero-order valence-electron chi connectivity index (χ0n) is 13.9. The molecule has 2 aromatic rings. The fourth-order valence-corrected chi connectivity index (χ4v) is 3.73. The number of hydrogen-bond donors (Lipinski definition) is 0. The van der Waals surface area contributed by atoms with Crippen LogP contribution in [0.4, 0.5) is 0 Å². The highest BCUT2D eigenvalue weighted by Gasteiger charge is 2.34. The molecule has 0 amide bonds. The first-order chi connectivity index (χ1) is 11.3. The molecule has 0 aromatic heterocycles. The lowest BCUT2D eigenvalue weighted by Gasteiger charge is -2.39. The molecule has 1 heteroatoms. The minimum Gasteiger partial charge on any atom is -0.371 e. The summed E-state index contributed by atoms with van der Waals surface area (Å²) in [4.78, 5) is 0. The van der Waals surface area contributed by atoms with Crippen molar-refractivity contribution in [3.8, 4) is 0 Å². The first-order valence-electron chi connectivity index (χ1n) is 8.85. The maximum absolute atomic E-state index is 6.58. The molecule has 2 aromatic carbocycles. The molecule has 0 bridgehead atoms. The molecule has 1 fully saturated rings. The minimum absolute atomic E-state index is 0.0997. The summed E-state index contributed by atoms with van der Waals surface area (Å²) < 4.78 is 6.58. The van der Waals surface area contributed by atoms with Crippen molar-refractivity contribution in [3.05, 3.63) is 78.7 Å². The summed E-state index contributed by atoms with van der Waals surface area (Å²) in [5.74, 6) is 0. The van der Waals surface area contributed by atoms with Crippen molar-refractivity contribution in [1.29, 1.82) is 0 Å². The Bertz CT molecular complexity index is 534. The van der Waals surface area contributed by atoms with Crippen LogP contribution in [0.3, 0.4) is 0 Å². The molecule has 121 valence electrons. The molecule has 1 saturated heterocycles. The smallest absolute Gasteiger partial charge is 0.0766 e. The van der Waals surface area contributed by atoms with E-state index in [-0.39, 0.29) is 11.7 Å². The Kier molecular flexibility index (Phi) is 5.51. The van der Waals surface area contributed by atoms with E-state index in [4.69, 9.17) is 4.74 Å². The molecule has 3 rings (SSSR count). The van der Waals surface area contributed by atoms with Gasteiger partial charge in [-0.25, -0.2) is 0 Å². The Morgan fingerprint density at radius 1 is 0.826 bits per heavy atom. The maximum Gasteiger partial charge on any atom is 0.0766 e. The van der Waals surface area contributed by atoms with Gasteiger partial charge in [-0.1, -0.05) is 79.9 Å². The van der Waals surface area contributed by atoms with E-state index in [0.717, 1.165) is 25.7 Å². The van der Waals surface area contributed by atoms with Gasteiger partial charge < -0.3 is 4.74 Å². The molecule has 23 heavy (non-hydrogen) atoms. The van der Waals surface area contributed by atoms with Gasteiger partial charge in [0.15, 0.2) is 0 Å². The normalized spacial score (nSPS) is 21.3. The molecular weight excluding hydrogens is 280 g/mol. The third-order valence-corrected chi connectivity index (χ3v) is 4.81. The van der Waals surface area contributed by atoms with Crippen molar-refractivity contribution in [2.75, 3.05) is 0 Å². The molecule has 1 atom stereocenters. The number of rotatable bonds is 4. The van der Waals surface area contributed by atoms with Gasteiger partial charge in [-0.2, -0.15) is 0 Å². The van der Waals surface area contributed by atoms with E-state index in [1.807, 2.05) is 0 Å². The van der Waals surface area contributed by atoms with Crippen LogP contribution in [0.15, 0.2) is 60.7 Å². The van der Waals surface area contributed by atoms with Crippen LogP contribution < -0.4 is 0 Å². The van der Waals surface area contributed by atoms with Gasteiger partial charge in [0.2, 0.25) is 0 Å². The second kappa shape index (κ2) is 7.79. The molecule has 0 N–H and O–H groups in total. The fraction of sp³-hybridized carbons (Fsp3) is 0.409. The van der Waals surface area contributed by atoms with E-state index in [1.54, 1.807) is 0 Å². The van der Waals surface area contributed by atoms with Gasteiger partial charge in [-0.3, -0.25) is 0 Å². The summed E-state index contributed by atoms with van der Waals surface area (Å²) in [5.41, 5.74) is 2.59. The van der Waals surface area contributed by atoms with Gasteiger partial charge >= 0.3 is 0 Å². The third-order valence-electron chi connectivity index (χ3n) is 4.81. The highest BCUT2D eigenvalue weighted by Crippen LogP contribution is 2.33. The quantitative estimate of drug-likeness (QED) is 0.735. The molecule has 1 aliphatic heterocycles. The lowest BCUT2D eigenvalue weighted by Crippen LogP contribution is -2.41. The molecule has 1 heterocycles. The SMILES string of the molecule is [CH2]C1CCCCCC(Cc2ccccc2)(Cc2ccccc2)O1. The Morgan fingerprint density at radius 2 is 1.39 bits per heavy atom. The molecule has 1 aliphatic rings. The van der Waals surface area contributed by atoms with Crippen LogP contribution in [0.2, 0.25) is 0 Å². The minimum atomic E-state index is -0.129. The zero-order chi connectivity index (χ0) is 16.0. The fourth-order valence-electron chi connectivity index (χ4n) is 3.73. The molecule has 0 saturated carbocycles. The number of ether oxygens (including phenoxy) is 1. The number of benzene rings is 2. The first-order valence-corrected chi connectivity index (χ1v) is 8.85. The van der Waals surface area contributed by atoms with Crippen LogP contribution in [0, 0.1) is 6.92 Å². The predicted octanol–water partition coefficient (Wildman–Crippen LogP) is 5.39. The Morgan fingerprint density at radius 3 is 1.96 bits per heavy atom. The summed E-state index contributed by atoms with van der Waals surface area (Å²) in [5, 5.41) is 0. The van der Waals surface area contributed by atoms with Crippen molar-refractivity contribution >= 4 is 0 Å². The average molecular weight is 307 g/mol. The zero-order valence-corrected chi connectivity index (χ0v) is 13.9. The topological polar surface area (TPSA) is 9.23 Å². The number of hydrogen-bond acceptors (Lipinski definition) is 1. The van der Waals surface area contributed by atoms with Gasteiger partial charge in [0.1, 0.15) is 0 Å². The molecule has 0 aliphatic carbocycles. The standard InChI is InChI=1S/C22H27O/c1-19-11-5-4-10-16-22(23-19,17-20-12-6-2-7-13-20)18-21-14-8-3-9-15-21/h2-3,6-9,12-15,19H,1,4-5,10-11,16-18H2. The van der Waals surface area contributed by atoms with Gasteiger partial charge in [0.25, 0.3) is 0 Å². The van der Waals surface area contributed by atoms with Crippen molar-refractivity contribution in [3.63, 3.8) is 0 Å². The van der Waals surface area contributed by atoms with E-state index in [1.165, 1.54) is 30.4 Å². The Balaban J connectivity index is 1.87. The highest BCUT2D eigenvalue weighted by molar-refractivity contribution is 5.22. The van der Waals surface area contributed by atoms with Gasteiger partial charge in [0.05, 0.1) is 11.7 Å². The first kappa shape index (κ1) is 16.3. The lowest BCUT2D eigenvalue weighted by atomic mass is 9.82. The second-order valence-corrected chi connectivity index (χ2v) is 6.85. The summed E-state index contributed by atoms with van der Waals surface area (Å²) in [6.45, 7) is 4.26. The van der Waals surface area contributed by atoms with Crippen LogP contribution in [-0.2, 0) is 17.6 Å². The van der Waals surface area contributed by atoms with Crippen molar-refractivity contribution in [2.24, 2.45) is 0 Å². The van der Waals surface area contributed by atoms with E-state index in [0.29, 0.717) is 0 Å². The summed E-state index contributed by atoms with van der Waals surface area (Å²) in [6, 6.07) is 21.5. The molecule has 0 spiro atoms.